The number of rotatable bonds is 4. The molecule has 17 heavy (non-hydrogen) atoms. The Balaban J connectivity index is 2.76. The van der Waals surface area contributed by atoms with E-state index in [1.54, 1.807) is 32.9 Å². The Morgan fingerprint density at radius 2 is 2.24 bits per heavy atom. The maximum Gasteiger partial charge on any atom is 0.339 e. The first-order valence-corrected chi connectivity index (χ1v) is 5.28. The van der Waals surface area contributed by atoms with E-state index in [-0.39, 0.29) is 0 Å². The second-order valence-electron chi connectivity index (χ2n) is 3.86. The van der Waals surface area contributed by atoms with Crippen LogP contribution < -0.4 is 4.74 Å². The molecule has 1 aromatic heterocycles. The quantitative estimate of drug-likeness (QED) is 0.590. The summed E-state index contributed by atoms with van der Waals surface area (Å²) in [5.41, 5.74) is -0.337. The summed E-state index contributed by atoms with van der Waals surface area (Å²) in [6.45, 7) is 5.60. The van der Waals surface area contributed by atoms with E-state index in [0.717, 1.165) is 0 Å². The molecule has 4 nitrogen and oxygen atoms in total. The van der Waals surface area contributed by atoms with Gasteiger partial charge < -0.3 is 9.47 Å². The first-order valence-electron chi connectivity index (χ1n) is 5.28. The van der Waals surface area contributed by atoms with E-state index < -0.39 is 11.6 Å². The zero-order valence-corrected chi connectivity index (χ0v) is 10.2. The standard InChI is InChI=1S/C13H15NO3/c1-5-13(3,4)17-11-8-7-10(9-14-11)12(15)16-6-2/h1,7-9H,6H2,2-4H3. The highest BCUT2D eigenvalue weighted by Crippen LogP contribution is 2.15. The normalized spacial score (nSPS) is 10.5. The van der Waals surface area contributed by atoms with Gasteiger partial charge in [0, 0.05) is 12.3 Å². The maximum absolute atomic E-state index is 11.4. The highest BCUT2D eigenvalue weighted by atomic mass is 16.5. The predicted octanol–water partition coefficient (Wildman–Crippen LogP) is 2.05. The number of hydrogen-bond donors (Lipinski definition) is 0. The van der Waals surface area contributed by atoms with Gasteiger partial charge in [0.25, 0.3) is 0 Å². The molecule has 4 heteroatoms. The van der Waals surface area contributed by atoms with E-state index in [0.29, 0.717) is 18.1 Å². The molecule has 0 unspecified atom stereocenters. The molecule has 0 spiro atoms. The summed E-state index contributed by atoms with van der Waals surface area (Å²) in [6.07, 6.45) is 6.70. The van der Waals surface area contributed by atoms with Crippen LogP contribution in [-0.2, 0) is 4.74 Å². The molecule has 0 bridgehead atoms. The van der Waals surface area contributed by atoms with Gasteiger partial charge in [0.1, 0.15) is 0 Å². The lowest BCUT2D eigenvalue weighted by atomic mass is 10.1. The zero-order chi connectivity index (χ0) is 12.9. The van der Waals surface area contributed by atoms with Crippen molar-refractivity contribution in [3.05, 3.63) is 23.9 Å². The third kappa shape index (κ3) is 3.80. The van der Waals surface area contributed by atoms with Gasteiger partial charge in [-0.05, 0) is 26.8 Å². The second-order valence-corrected chi connectivity index (χ2v) is 3.86. The van der Waals surface area contributed by atoms with Gasteiger partial charge in [-0.3, -0.25) is 0 Å². The van der Waals surface area contributed by atoms with Crippen LogP contribution in [0.2, 0.25) is 0 Å². The lowest BCUT2D eigenvalue weighted by Gasteiger charge is -2.19. The highest BCUT2D eigenvalue weighted by Gasteiger charge is 2.16. The van der Waals surface area contributed by atoms with Crippen molar-refractivity contribution in [2.45, 2.75) is 26.4 Å². The van der Waals surface area contributed by atoms with Crippen LogP contribution in [0.4, 0.5) is 0 Å². The summed E-state index contributed by atoms with van der Waals surface area (Å²) in [7, 11) is 0. The van der Waals surface area contributed by atoms with Gasteiger partial charge in [-0.25, -0.2) is 9.78 Å². The molecule has 0 saturated carbocycles. The molecule has 1 heterocycles. The van der Waals surface area contributed by atoms with Gasteiger partial charge in [-0.2, -0.15) is 0 Å². The zero-order valence-electron chi connectivity index (χ0n) is 10.2. The van der Waals surface area contributed by atoms with Gasteiger partial charge in [-0.1, -0.05) is 5.92 Å². The maximum atomic E-state index is 11.4. The number of aromatic nitrogens is 1. The Labute approximate surface area is 101 Å². The summed E-state index contributed by atoms with van der Waals surface area (Å²) in [5, 5.41) is 0. The topological polar surface area (TPSA) is 48.4 Å². The van der Waals surface area contributed by atoms with E-state index in [4.69, 9.17) is 15.9 Å². The molecule has 0 aliphatic rings. The lowest BCUT2D eigenvalue weighted by molar-refractivity contribution is 0.0525. The van der Waals surface area contributed by atoms with Crippen molar-refractivity contribution in [1.29, 1.82) is 0 Å². The molecular weight excluding hydrogens is 218 g/mol. The highest BCUT2D eigenvalue weighted by molar-refractivity contribution is 5.89. The van der Waals surface area contributed by atoms with Gasteiger partial charge in [-0.15, -0.1) is 6.42 Å². The molecular formula is C13H15NO3. The van der Waals surface area contributed by atoms with Crippen molar-refractivity contribution >= 4 is 5.97 Å². The van der Waals surface area contributed by atoms with Crippen LogP contribution in [0, 0.1) is 12.3 Å². The monoisotopic (exact) mass is 233 g/mol. The number of carbonyl (C=O) groups is 1. The Morgan fingerprint density at radius 1 is 1.53 bits per heavy atom. The number of pyridine rings is 1. The number of ether oxygens (including phenoxy) is 2. The number of carbonyl (C=O) groups excluding carboxylic acids is 1. The average molecular weight is 233 g/mol. The smallest absolute Gasteiger partial charge is 0.339 e. The van der Waals surface area contributed by atoms with Crippen LogP contribution >= 0.6 is 0 Å². The summed E-state index contributed by atoms with van der Waals surface area (Å²) >= 11 is 0. The van der Waals surface area contributed by atoms with Crippen LogP contribution in [-0.4, -0.2) is 23.2 Å². The lowest BCUT2D eigenvalue weighted by Crippen LogP contribution is -2.26. The fourth-order valence-electron chi connectivity index (χ4n) is 1.07. The van der Waals surface area contributed by atoms with Crippen LogP contribution in [0.15, 0.2) is 18.3 Å². The number of hydrogen-bond acceptors (Lipinski definition) is 4. The summed E-state index contributed by atoms with van der Waals surface area (Å²) < 4.78 is 10.3. The van der Waals surface area contributed by atoms with Gasteiger partial charge in [0.2, 0.25) is 5.88 Å². The first-order chi connectivity index (χ1) is 7.98. The van der Waals surface area contributed by atoms with Crippen molar-refractivity contribution in [1.82, 2.24) is 4.98 Å². The van der Waals surface area contributed by atoms with E-state index >= 15 is 0 Å². The minimum Gasteiger partial charge on any atom is -0.462 e. The minimum atomic E-state index is -0.724. The Hall–Kier alpha value is -2.02. The van der Waals surface area contributed by atoms with Crippen molar-refractivity contribution < 1.29 is 14.3 Å². The Morgan fingerprint density at radius 3 is 2.71 bits per heavy atom. The molecule has 0 aromatic carbocycles. The van der Waals surface area contributed by atoms with Crippen LogP contribution in [0.5, 0.6) is 5.88 Å². The van der Waals surface area contributed by atoms with Crippen molar-refractivity contribution in [2.24, 2.45) is 0 Å². The average Bonchev–Trinajstić information content (AvgIpc) is 2.30. The molecule has 0 radical (unpaired) electrons. The van der Waals surface area contributed by atoms with Gasteiger partial charge in [0.15, 0.2) is 5.60 Å². The fraction of sp³-hybridized carbons (Fsp3) is 0.385. The van der Waals surface area contributed by atoms with E-state index in [1.165, 1.54) is 6.20 Å². The molecule has 0 atom stereocenters. The van der Waals surface area contributed by atoms with Crippen LogP contribution in [0.3, 0.4) is 0 Å². The minimum absolute atomic E-state index is 0.335. The molecule has 0 aliphatic heterocycles. The van der Waals surface area contributed by atoms with Crippen molar-refractivity contribution in [3.8, 4) is 18.2 Å². The van der Waals surface area contributed by atoms with Gasteiger partial charge >= 0.3 is 5.97 Å². The third-order valence-electron chi connectivity index (χ3n) is 1.95. The molecule has 1 rings (SSSR count). The summed E-state index contributed by atoms with van der Waals surface area (Å²) in [4.78, 5) is 15.4. The summed E-state index contributed by atoms with van der Waals surface area (Å²) in [6, 6.07) is 3.18. The van der Waals surface area contributed by atoms with Crippen molar-refractivity contribution in [2.75, 3.05) is 6.61 Å². The molecule has 1 aromatic rings. The molecule has 0 fully saturated rings. The number of terminal acetylenes is 1. The van der Waals surface area contributed by atoms with Crippen LogP contribution in [0.25, 0.3) is 0 Å². The molecule has 0 N–H and O–H groups in total. The van der Waals surface area contributed by atoms with Crippen molar-refractivity contribution in [3.63, 3.8) is 0 Å². The second kappa shape index (κ2) is 5.35. The Kier molecular flexibility index (Phi) is 4.11. The van der Waals surface area contributed by atoms with E-state index in [1.807, 2.05) is 0 Å². The van der Waals surface area contributed by atoms with E-state index in [2.05, 4.69) is 10.9 Å². The largest absolute Gasteiger partial charge is 0.462 e. The first kappa shape index (κ1) is 13.0. The fourth-order valence-corrected chi connectivity index (χ4v) is 1.07. The predicted molar refractivity (Wildman–Crippen MR) is 63.7 cm³/mol. The third-order valence-corrected chi connectivity index (χ3v) is 1.95. The molecule has 0 saturated heterocycles. The number of nitrogens with zero attached hydrogens (tertiary/aromatic N) is 1. The van der Waals surface area contributed by atoms with Crippen LogP contribution in [0.1, 0.15) is 31.1 Å². The summed E-state index contributed by atoms with van der Waals surface area (Å²) in [5.74, 6) is 2.47. The SMILES string of the molecule is C#CC(C)(C)Oc1ccc(C(=O)OCC)cn1. The Bertz CT molecular complexity index is 429. The van der Waals surface area contributed by atoms with E-state index in [9.17, 15) is 4.79 Å². The molecule has 0 aliphatic carbocycles. The number of esters is 1. The molecule has 90 valence electrons. The van der Waals surface area contributed by atoms with Gasteiger partial charge in [0.05, 0.1) is 12.2 Å². The molecule has 0 amide bonds.